The summed E-state index contributed by atoms with van der Waals surface area (Å²) in [5, 5.41) is -0.0982. The molecule has 0 amide bonds. The summed E-state index contributed by atoms with van der Waals surface area (Å²) in [5.74, 6) is 0. The van der Waals surface area contributed by atoms with E-state index in [2.05, 4.69) is 0 Å². The fourth-order valence-electron chi connectivity index (χ4n) is 1.74. The molecule has 0 aliphatic heterocycles. The number of rotatable bonds is 2. The highest BCUT2D eigenvalue weighted by Crippen LogP contribution is 2.40. The molecule has 1 aliphatic carbocycles. The van der Waals surface area contributed by atoms with E-state index in [1.807, 2.05) is 33.9 Å². The Labute approximate surface area is 103 Å². The van der Waals surface area contributed by atoms with Gasteiger partial charge in [-0.1, -0.05) is 20.8 Å². The Morgan fingerprint density at radius 3 is 1.76 bits per heavy atom. The Bertz CT molecular complexity index is 253. The Morgan fingerprint density at radius 1 is 1.00 bits per heavy atom. The van der Waals surface area contributed by atoms with Crippen molar-refractivity contribution >= 4 is 8.32 Å². The fraction of sp³-hybridized carbons (Fsp3) is 1.00. The fourth-order valence-corrected chi connectivity index (χ4v) is 3.07. The molecule has 0 aromatic carbocycles. The number of halogens is 3. The minimum absolute atomic E-state index is 0.0982. The second kappa shape index (κ2) is 4.92. The van der Waals surface area contributed by atoms with Gasteiger partial charge in [0, 0.05) is 12.8 Å². The zero-order valence-corrected chi connectivity index (χ0v) is 12.3. The maximum Gasteiger partial charge on any atom is 0.192 e. The van der Waals surface area contributed by atoms with Crippen LogP contribution in [-0.4, -0.2) is 32.9 Å². The minimum atomic E-state index is -2.20. The average molecular weight is 268 g/mol. The summed E-state index contributed by atoms with van der Waals surface area (Å²) in [6.45, 7) is 9.95. The zero-order valence-electron chi connectivity index (χ0n) is 11.3. The summed E-state index contributed by atoms with van der Waals surface area (Å²) in [4.78, 5) is 0. The quantitative estimate of drug-likeness (QED) is 0.682. The highest BCUT2D eigenvalue weighted by molar-refractivity contribution is 6.74. The third kappa shape index (κ3) is 3.47. The summed E-state index contributed by atoms with van der Waals surface area (Å²) >= 11 is 0. The van der Waals surface area contributed by atoms with Gasteiger partial charge in [0.2, 0.25) is 0 Å². The van der Waals surface area contributed by atoms with Crippen LogP contribution < -0.4 is 0 Å². The van der Waals surface area contributed by atoms with Crippen LogP contribution >= 0.6 is 0 Å². The summed E-state index contributed by atoms with van der Waals surface area (Å²) in [6.07, 6.45) is -5.98. The van der Waals surface area contributed by atoms with Gasteiger partial charge < -0.3 is 4.43 Å². The molecule has 17 heavy (non-hydrogen) atoms. The molecular formula is C12H23F3OSi. The normalized spacial score (nSPS) is 36.0. The van der Waals surface area contributed by atoms with Crippen LogP contribution in [0.25, 0.3) is 0 Å². The molecule has 4 atom stereocenters. The monoisotopic (exact) mass is 268 g/mol. The number of hydrogen-bond acceptors (Lipinski definition) is 1. The van der Waals surface area contributed by atoms with Crippen LogP contribution in [0, 0.1) is 0 Å². The summed E-state index contributed by atoms with van der Waals surface area (Å²) in [5.41, 5.74) is 0. The molecule has 1 nitrogen and oxygen atoms in total. The van der Waals surface area contributed by atoms with E-state index in [9.17, 15) is 13.2 Å². The second-order valence-corrected chi connectivity index (χ2v) is 11.2. The Balaban J connectivity index is 2.74. The smallest absolute Gasteiger partial charge is 0.192 e. The van der Waals surface area contributed by atoms with Gasteiger partial charge in [-0.3, -0.25) is 0 Å². The molecule has 0 heterocycles. The summed E-state index contributed by atoms with van der Waals surface area (Å²) < 4.78 is 46.1. The van der Waals surface area contributed by atoms with E-state index < -0.39 is 32.9 Å². The lowest BCUT2D eigenvalue weighted by molar-refractivity contribution is -0.0336. The second-order valence-electron chi connectivity index (χ2n) is 6.44. The predicted octanol–water partition coefficient (Wildman–Crippen LogP) is 4.18. The van der Waals surface area contributed by atoms with Gasteiger partial charge in [0.05, 0.1) is 0 Å². The minimum Gasteiger partial charge on any atom is -0.408 e. The third-order valence-electron chi connectivity index (χ3n) is 3.91. The molecule has 102 valence electrons. The van der Waals surface area contributed by atoms with Gasteiger partial charge in [0.25, 0.3) is 0 Å². The first-order valence-corrected chi connectivity index (χ1v) is 9.05. The molecule has 0 saturated heterocycles. The van der Waals surface area contributed by atoms with Crippen LogP contribution in [0.15, 0.2) is 0 Å². The van der Waals surface area contributed by atoms with E-state index in [-0.39, 0.29) is 17.9 Å². The van der Waals surface area contributed by atoms with E-state index in [1.54, 1.807) is 0 Å². The van der Waals surface area contributed by atoms with Crippen molar-refractivity contribution < 1.29 is 17.6 Å². The van der Waals surface area contributed by atoms with Crippen LogP contribution in [0.2, 0.25) is 18.1 Å². The van der Waals surface area contributed by atoms with Crippen LogP contribution in [0.3, 0.4) is 0 Å². The molecule has 0 bridgehead atoms. The largest absolute Gasteiger partial charge is 0.408 e. The van der Waals surface area contributed by atoms with Gasteiger partial charge >= 0.3 is 0 Å². The number of alkyl halides is 3. The lowest BCUT2D eigenvalue weighted by Gasteiger charge is -2.42. The summed E-state index contributed by atoms with van der Waals surface area (Å²) in [6, 6.07) is 0. The molecule has 1 rings (SSSR count). The van der Waals surface area contributed by atoms with Crippen molar-refractivity contribution in [3.05, 3.63) is 0 Å². The highest BCUT2D eigenvalue weighted by atomic mass is 28.4. The maximum absolute atomic E-state index is 13.7. The molecule has 0 aromatic heterocycles. The zero-order chi connectivity index (χ0) is 13.4. The standard InChI is InChI=1S/C12H23F3OSi/c1-12(2,3)17(4,5)16-11-9(14)6-8(13)7-10(11)15/h8-11H,6-7H2,1-5H3/t8-,9+,10-,11?. The van der Waals surface area contributed by atoms with Gasteiger partial charge in [0.15, 0.2) is 8.32 Å². The Morgan fingerprint density at radius 2 is 1.41 bits per heavy atom. The van der Waals surface area contributed by atoms with Crippen molar-refractivity contribution in [2.45, 2.75) is 76.4 Å². The number of hydrogen-bond donors (Lipinski definition) is 0. The molecule has 0 spiro atoms. The lowest BCUT2D eigenvalue weighted by Crippen LogP contribution is -2.52. The lowest BCUT2D eigenvalue weighted by atomic mass is 9.93. The molecule has 0 radical (unpaired) electrons. The van der Waals surface area contributed by atoms with Crippen molar-refractivity contribution in [2.24, 2.45) is 0 Å². The van der Waals surface area contributed by atoms with Crippen molar-refractivity contribution in [1.29, 1.82) is 0 Å². The SMILES string of the molecule is CC(C)(C)[Si](C)(C)OC1[C@H](F)C[C@H](F)C[C@@H]1F. The highest BCUT2D eigenvalue weighted by Gasteiger charge is 2.46. The molecule has 1 saturated carbocycles. The van der Waals surface area contributed by atoms with Gasteiger partial charge in [0.1, 0.15) is 24.6 Å². The van der Waals surface area contributed by atoms with E-state index >= 15 is 0 Å². The molecule has 5 heteroatoms. The predicted molar refractivity (Wildman–Crippen MR) is 66.0 cm³/mol. The van der Waals surface area contributed by atoms with Gasteiger partial charge in [-0.05, 0) is 18.1 Å². The van der Waals surface area contributed by atoms with Gasteiger partial charge in [-0.25, -0.2) is 13.2 Å². The first-order valence-electron chi connectivity index (χ1n) is 6.14. The maximum atomic E-state index is 13.7. The molecular weight excluding hydrogens is 245 g/mol. The Hall–Kier alpha value is -0.0331. The third-order valence-corrected chi connectivity index (χ3v) is 8.39. The van der Waals surface area contributed by atoms with Crippen LogP contribution in [0.1, 0.15) is 33.6 Å². The van der Waals surface area contributed by atoms with Crippen LogP contribution in [0.4, 0.5) is 13.2 Å². The van der Waals surface area contributed by atoms with Crippen molar-refractivity contribution in [3.8, 4) is 0 Å². The molecule has 1 aliphatic rings. The van der Waals surface area contributed by atoms with E-state index in [1.165, 1.54) is 0 Å². The first-order chi connectivity index (χ1) is 7.54. The van der Waals surface area contributed by atoms with E-state index in [0.717, 1.165) is 0 Å². The molecule has 0 N–H and O–H groups in total. The average Bonchev–Trinajstić information content (AvgIpc) is 2.09. The molecule has 0 aromatic rings. The van der Waals surface area contributed by atoms with E-state index in [4.69, 9.17) is 4.43 Å². The van der Waals surface area contributed by atoms with Crippen LogP contribution in [0.5, 0.6) is 0 Å². The molecule has 1 fully saturated rings. The summed E-state index contributed by atoms with van der Waals surface area (Å²) in [7, 11) is -2.20. The molecule has 1 unspecified atom stereocenters. The van der Waals surface area contributed by atoms with Crippen molar-refractivity contribution in [1.82, 2.24) is 0 Å². The van der Waals surface area contributed by atoms with E-state index in [0.29, 0.717) is 0 Å². The first kappa shape index (κ1) is 15.0. The van der Waals surface area contributed by atoms with Crippen molar-refractivity contribution in [2.75, 3.05) is 0 Å². The van der Waals surface area contributed by atoms with Crippen LogP contribution in [-0.2, 0) is 4.43 Å². The Kier molecular flexibility index (Phi) is 4.35. The topological polar surface area (TPSA) is 9.23 Å². The van der Waals surface area contributed by atoms with Gasteiger partial charge in [-0.2, -0.15) is 0 Å². The van der Waals surface area contributed by atoms with Crippen molar-refractivity contribution in [3.63, 3.8) is 0 Å². The van der Waals surface area contributed by atoms with Gasteiger partial charge in [-0.15, -0.1) is 0 Å².